The first-order valence-electron chi connectivity index (χ1n) is 8.70. The average molecular weight is 362 g/mol. The maximum Gasteiger partial charge on any atom is 0.313 e. The van der Waals surface area contributed by atoms with Gasteiger partial charge < -0.3 is 20.1 Å². The van der Waals surface area contributed by atoms with E-state index in [-0.39, 0.29) is 31.4 Å². The van der Waals surface area contributed by atoms with Crippen LogP contribution in [-0.4, -0.2) is 54.6 Å². The predicted molar refractivity (Wildman–Crippen MR) is 95.4 cm³/mol. The average Bonchev–Trinajstić information content (AvgIpc) is 2.62. The van der Waals surface area contributed by atoms with Crippen molar-refractivity contribution in [3.8, 4) is 0 Å². The van der Waals surface area contributed by atoms with Crippen molar-refractivity contribution in [3.63, 3.8) is 0 Å². The Bertz CT molecular complexity index is 645. The number of carbonyl (C=O) groups is 3. The summed E-state index contributed by atoms with van der Waals surface area (Å²) in [5, 5.41) is 12.4. The molecule has 0 saturated carbocycles. The van der Waals surface area contributed by atoms with Crippen LogP contribution in [0.4, 0.5) is 0 Å². The summed E-state index contributed by atoms with van der Waals surface area (Å²) < 4.78 is 5.10. The summed E-state index contributed by atoms with van der Waals surface area (Å²) in [7, 11) is 1.47. The summed E-state index contributed by atoms with van der Waals surface area (Å²) in [4.78, 5) is 37.7. The van der Waals surface area contributed by atoms with E-state index in [0.717, 1.165) is 5.56 Å². The number of methoxy groups -OCH3 is 1. The number of benzene rings is 1. The van der Waals surface area contributed by atoms with Gasteiger partial charge in [0.2, 0.25) is 11.8 Å². The second-order valence-corrected chi connectivity index (χ2v) is 6.81. The van der Waals surface area contributed by atoms with E-state index in [1.807, 2.05) is 30.3 Å². The van der Waals surface area contributed by atoms with Gasteiger partial charge >= 0.3 is 5.97 Å². The van der Waals surface area contributed by atoms with E-state index in [0.29, 0.717) is 19.4 Å². The number of carbonyl (C=O) groups excluding carboxylic acids is 2. The molecule has 142 valence electrons. The van der Waals surface area contributed by atoms with Gasteiger partial charge in [-0.25, -0.2) is 0 Å². The van der Waals surface area contributed by atoms with Gasteiger partial charge in [-0.05, 0) is 18.4 Å². The highest BCUT2D eigenvalue weighted by molar-refractivity contribution is 5.81. The predicted octanol–water partition coefficient (Wildman–Crippen LogP) is 1.59. The van der Waals surface area contributed by atoms with Crippen LogP contribution in [0.5, 0.6) is 0 Å². The lowest BCUT2D eigenvalue weighted by Crippen LogP contribution is -2.52. The molecular formula is C19H26N2O5. The van der Waals surface area contributed by atoms with E-state index in [4.69, 9.17) is 4.74 Å². The maximum absolute atomic E-state index is 12.8. The number of nitrogens with one attached hydrogen (secondary N) is 1. The van der Waals surface area contributed by atoms with Crippen LogP contribution >= 0.6 is 0 Å². The fourth-order valence-electron chi connectivity index (χ4n) is 3.46. The zero-order chi connectivity index (χ0) is 19.2. The number of carboxylic acids is 1. The first kappa shape index (κ1) is 19.9. The van der Waals surface area contributed by atoms with Crippen molar-refractivity contribution in [1.29, 1.82) is 0 Å². The van der Waals surface area contributed by atoms with Crippen molar-refractivity contribution in [2.24, 2.45) is 5.41 Å². The standard InChI is InChI=1S/C19H26N2O5/c1-14(22)20-16(15-7-4-3-5-8-15)11-17(23)21-10-6-9-19(12-21,13-26-2)18(24)25/h3-5,7-8,16H,6,9-13H2,1-2H3,(H,20,22)(H,24,25). The second kappa shape index (κ2) is 8.80. The Balaban J connectivity index is 2.13. The molecule has 7 heteroatoms. The van der Waals surface area contributed by atoms with Gasteiger partial charge in [-0.2, -0.15) is 0 Å². The Morgan fingerprint density at radius 3 is 2.58 bits per heavy atom. The maximum atomic E-state index is 12.8. The number of amides is 2. The SMILES string of the molecule is COCC1(C(=O)O)CCCN(C(=O)CC(NC(C)=O)c2ccccc2)C1. The van der Waals surface area contributed by atoms with Crippen LogP contribution in [-0.2, 0) is 19.1 Å². The smallest absolute Gasteiger partial charge is 0.313 e. The lowest BCUT2D eigenvalue weighted by atomic mass is 9.80. The van der Waals surface area contributed by atoms with E-state index in [1.165, 1.54) is 14.0 Å². The van der Waals surface area contributed by atoms with Crippen LogP contribution in [0.15, 0.2) is 30.3 Å². The molecule has 2 rings (SSSR count). The Kier molecular flexibility index (Phi) is 6.74. The molecule has 1 saturated heterocycles. The van der Waals surface area contributed by atoms with Crippen molar-refractivity contribution in [2.45, 2.75) is 32.2 Å². The Labute approximate surface area is 153 Å². The third-order valence-corrected chi connectivity index (χ3v) is 4.76. The van der Waals surface area contributed by atoms with Gasteiger partial charge in [0.05, 0.1) is 19.1 Å². The van der Waals surface area contributed by atoms with Crippen LogP contribution in [0.25, 0.3) is 0 Å². The van der Waals surface area contributed by atoms with Gasteiger partial charge in [0.1, 0.15) is 5.41 Å². The highest BCUT2D eigenvalue weighted by atomic mass is 16.5. The Hall–Kier alpha value is -2.41. The molecule has 0 radical (unpaired) electrons. The minimum Gasteiger partial charge on any atom is -0.481 e. The molecule has 0 aromatic heterocycles. The normalized spacial score (nSPS) is 21.1. The molecule has 0 spiro atoms. The first-order chi connectivity index (χ1) is 12.4. The highest BCUT2D eigenvalue weighted by Crippen LogP contribution is 2.32. The summed E-state index contributed by atoms with van der Waals surface area (Å²) in [5.41, 5.74) is -0.228. The topological polar surface area (TPSA) is 95.9 Å². The summed E-state index contributed by atoms with van der Waals surface area (Å²) in [6.45, 7) is 2.12. The van der Waals surface area contributed by atoms with E-state index in [2.05, 4.69) is 5.32 Å². The molecule has 2 atom stereocenters. The van der Waals surface area contributed by atoms with Gasteiger partial charge in [0, 0.05) is 27.1 Å². The Morgan fingerprint density at radius 2 is 2.00 bits per heavy atom. The number of hydrogen-bond donors (Lipinski definition) is 2. The molecule has 0 aliphatic carbocycles. The summed E-state index contributed by atoms with van der Waals surface area (Å²) in [6, 6.07) is 8.84. The number of likely N-dealkylation sites (tertiary alicyclic amines) is 1. The molecule has 2 unspecified atom stereocenters. The third kappa shape index (κ3) is 4.82. The largest absolute Gasteiger partial charge is 0.481 e. The zero-order valence-corrected chi connectivity index (χ0v) is 15.2. The van der Waals surface area contributed by atoms with Gasteiger partial charge in [0.25, 0.3) is 0 Å². The van der Waals surface area contributed by atoms with Gasteiger partial charge in [-0.15, -0.1) is 0 Å². The van der Waals surface area contributed by atoms with Gasteiger partial charge in [-0.1, -0.05) is 30.3 Å². The molecule has 1 aliphatic heterocycles. The highest BCUT2D eigenvalue weighted by Gasteiger charge is 2.44. The van der Waals surface area contributed by atoms with Crippen LogP contribution in [0, 0.1) is 5.41 Å². The van der Waals surface area contributed by atoms with Gasteiger partial charge in [-0.3, -0.25) is 14.4 Å². The van der Waals surface area contributed by atoms with E-state index in [9.17, 15) is 19.5 Å². The quantitative estimate of drug-likeness (QED) is 0.768. The van der Waals surface area contributed by atoms with Crippen molar-refractivity contribution in [1.82, 2.24) is 10.2 Å². The fourth-order valence-corrected chi connectivity index (χ4v) is 3.46. The van der Waals surface area contributed by atoms with Crippen LogP contribution in [0.2, 0.25) is 0 Å². The molecular weight excluding hydrogens is 336 g/mol. The number of hydrogen-bond acceptors (Lipinski definition) is 4. The molecule has 1 aromatic rings. The number of rotatable bonds is 7. The minimum atomic E-state index is -1.07. The first-order valence-corrected chi connectivity index (χ1v) is 8.70. The van der Waals surface area contributed by atoms with E-state index < -0.39 is 17.4 Å². The summed E-state index contributed by atoms with van der Waals surface area (Å²) in [6.07, 6.45) is 1.18. The van der Waals surface area contributed by atoms with E-state index in [1.54, 1.807) is 4.90 Å². The number of aliphatic carboxylic acids is 1. The van der Waals surface area contributed by atoms with Gasteiger partial charge in [0.15, 0.2) is 0 Å². The number of carboxylic acid groups (broad SMARTS) is 1. The van der Waals surface area contributed by atoms with Crippen molar-refractivity contribution in [3.05, 3.63) is 35.9 Å². The van der Waals surface area contributed by atoms with E-state index >= 15 is 0 Å². The lowest BCUT2D eigenvalue weighted by Gasteiger charge is -2.40. The fraction of sp³-hybridized carbons (Fsp3) is 0.526. The summed E-state index contributed by atoms with van der Waals surface area (Å²) in [5.74, 6) is -1.34. The third-order valence-electron chi connectivity index (χ3n) is 4.76. The molecule has 26 heavy (non-hydrogen) atoms. The number of ether oxygens (including phenoxy) is 1. The van der Waals surface area contributed by atoms with Crippen molar-refractivity contribution < 1.29 is 24.2 Å². The molecule has 1 aliphatic rings. The van der Waals surface area contributed by atoms with Crippen molar-refractivity contribution in [2.75, 3.05) is 26.8 Å². The molecule has 2 N–H and O–H groups in total. The second-order valence-electron chi connectivity index (χ2n) is 6.81. The van der Waals surface area contributed by atoms with Crippen molar-refractivity contribution >= 4 is 17.8 Å². The molecule has 7 nitrogen and oxygen atoms in total. The number of piperidine rings is 1. The summed E-state index contributed by atoms with van der Waals surface area (Å²) >= 11 is 0. The lowest BCUT2D eigenvalue weighted by molar-refractivity contribution is -0.159. The molecule has 1 aromatic carbocycles. The van der Waals surface area contributed by atoms with Crippen LogP contribution in [0.1, 0.15) is 37.8 Å². The number of nitrogens with zero attached hydrogens (tertiary/aromatic N) is 1. The molecule has 2 amide bonds. The molecule has 0 bridgehead atoms. The minimum absolute atomic E-state index is 0.0694. The molecule has 1 fully saturated rings. The van der Waals surface area contributed by atoms with Crippen LogP contribution in [0.3, 0.4) is 0 Å². The van der Waals surface area contributed by atoms with Crippen LogP contribution < -0.4 is 5.32 Å². The zero-order valence-electron chi connectivity index (χ0n) is 15.2. The molecule has 1 heterocycles. The monoisotopic (exact) mass is 362 g/mol. The Morgan fingerprint density at radius 1 is 1.31 bits per heavy atom.